The molecular formula is C28H42O3. The fraction of sp³-hybridized carbons (Fsp3) is 0.786. The van der Waals surface area contributed by atoms with Crippen LogP contribution >= 0.6 is 0 Å². The molecule has 3 fully saturated rings. The Labute approximate surface area is 188 Å². The van der Waals surface area contributed by atoms with E-state index in [1.54, 1.807) is 0 Å². The largest absolute Gasteiger partial charge is 0.481 e. The van der Waals surface area contributed by atoms with E-state index in [4.69, 9.17) is 0 Å². The highest BCUT2D eigenvalue weighted by Crippen LogP contribution is 2.67. The van der Waals surface area contributed by atoms with Crippen LogP contribution < -0.4 is 0 Å². The van der Waals surface area contributed by atoms with Gasteiger partial charge in [0.25, 0.3) is 0 Å². The van der Waals surface area contributed by atoms with Gasteiger partial charge in [0.15, 0.2) is 0 Å². The highest BCUT2D eigenvalue weighted by atomic mass is 16.4. The number of carboxylic acid groups (broad SMARTS) is 1. The van der Waals surface area contributed by atoms with E-state index in [0.29, 0.717) is 35.9 Å². The summed E-state index contributed by atoms with van der Waals surface area (Å²) in [4.78, 5) is 24.5. The van der Waals surface area contributed by atoms with Crippen molar-refractivity contribution in [3.63, 3.8) is 0 Å². The molecule has 4 aliphatic carbocycles. The van der Waals surface area contributed by atoms with Gasteiger partial charge < -0.3 is 5.11 Å². The average molecular weight is 427 g/mol. The molecule has 0 bridgehead atoms. The van der Waals surface area contributed by atoms with Gasteiger partial charge in [-0.05, 0) is 91.8 Å². The van der Waals surface area contributed by atoms with Crippen molar-refractivity contribution < 1.29 is 14.7 Å². The molecule has 0 aromatic rings. The number of ketones is 1. The molecule has 0 spiro atoms. The lowest BCUT2D eigenvalue weighted by Crippen LogP contribution is -2.51. The zero-order valence-corrected chi connectivity index (χ0v) is 20.1. The number of hydrogen-bond donors (Lipinski definition) is 1. The molecule has 4 rings (SSSR count). The van der Waals surface area contributed by atoms with Gasteiger partial charge in [-0.1, -0.05) is 51.5 Å². The van der Waals surface area contributed by atoms with E-state index < -0.39 is 5.97 Å². The third kappa shape index (κ3) is 3.74. The maximum Gasteiger partial charge on any atom is 0.306 e. The number of carbonyl (C=O) groups excluding carboxylic acids is 1. The summed E-state index contributed by atoms with van der Waals surface area (Å²) in [7, 11) is 0. The van der Waals surface area contributed by atoms with Crippen molar-refractivity contribution >= 4 is 11.8 Å². The van der Waals surface area contributed by atoms with Crippen LogP contribution in [-0.2, 0) is 9.59 Å². The lowest BCUT2D eigenvalue weighted by atomic mass is 9.47. The van der Waals surface area contributed by atoms with Crippen molar-refractivity contribution in [1.29, 1.82) is 0 Å². The van der Waals surface area contributed by atoms with E-state index in [1.165, 1.54) is 24.0 Å². The summed E-state index contributed by atoms with van der Waals surface area (Å²) in [6, 6.07) is 0. The number of allylic oxidation sites excluding steroid dienone is 3. The van der Waals surface area contributed by atoms with E-state index in [1.807, 2.05) is 0 Å². The molecule has 0 saturated heterocycles. The van der Waals surface area contributed by atoms with Gasteiger partial charge in [-0.3, -0.25) is 9.59 Å². The molecule has 4 aliphatic rings. The van der Waals surface area contributed by atoms with Gasteiger partial charge in [0.1, 0.15) is 5.78 Å². The van der Waals surface area contributed by atoms with Gasteiger partial charge in [0.2, 0.25) is 0 Å². The Kier molecular flexibility index (Phi) is 6.03. The third-order valence-electron chi connectivity index (χ3n) is 10.4. The lowest BCUT2D eigenvalue weighted by molar-refractivity contribution is -0.147. The summed E-state index contributed by atoms with van der Waals surface area (Å²) in [5.74, 6) is 2.21. The molecule has 0 aliphatic heterocycles. The van der Waals surface area contributed by atoms with Crippen molar-refractivity contribution in [3.05, 3.63) is 23.8 Å². The van der Waals surface area contributed by atoms with Crippen molar-refractivity contribution in [2.24, 2.45) is 46.3 Å². The molecule has 3 heteroatoms. The van der Waals surface area contributed by atoms with Gasteiger partial charge >= 0.3 is 5.97 Å². The monoisotopic (exact) mass is 426 g/mol. The molecule has 0 radical (unpaired) electrons. The highest BCUT2D eigenvalue weighted by Gasteiger charge is 2.60. The molecule has 0 aromatic heterocycles. The second-order valence-corrected chi connectivity index (χ2v) is 12.0. The Balaban J connectivity index is 1.55. The number of carbonyl (C=O) groups is 2. The molecule has 172 valence electrons. The Morgan fingerprint density at radius 1 is 1.19 bits per heavy atom. The highest BCUT2D eigenvalue weighted by molar-refractivity contribution is 5.82. The normalized spacial score (nSPS) is 40.5. The van der Waals surface area contributed by atoms with Gasteiger partial charge in [0, 0.05) is 12.8 Å². The minimum atomic E-state index is -0.603. The fourth-order valence-electron chi connectivity index (χ4n) is 8.30. The molecule has 3 saturated carbocycles. The second-order valence-electron chi connectivity index (χ2n) is 12.0. The maximum absolute atomic E-state index is 12.4. The molecule has 7 atom stereocenters. The first-order valence-corrected chi connectivity index (χ1v) is 12.7. The van der Waals surface area contributed by atoms with Gasteiger partial charge in [0.05, 0.1) is 5.92 Å². The van der Waals surface area contributed by atoms with E-state index in [9.17, 15) is 14.7 Å². The minimum Gasteiger partial charge on any atom is -0.481 e. The molecule has 0 heterocycles. The van der Waals surface area contributed by atoms with E-state index in [2.05, 4.69) is 40.3 Å². The molecule has 7 unspecified atom stereocenters. The number of carboxylic acids is 1. The summed E-state index contributed by atoms with van der Waals surface area (Å²) in [6.07, 6.45) is 12.1. The molecule has 1 N–H and O–H groups in total. The first-order valence-electron chi connectivity index (χ1n) is 12.7. The first kappa shape index (κ1) is 22.8. The standard InChI is InChI=1S/C28H42O3/c1-17(2)18(3)6-8-22(26(30)31)24-11-10-23-21-9-7-19-16-20(29)12-14-27(19,4)25(21)13-15-28(23,24)5/h7,17,21-25H,3,6,8-16H2,1-2,4-5H3,(H,30,31). The van der Waals surface area contributed by atoms with Gasteiger partial charge in [-0.2, -0.15) is 0 Å². The smallest absolute Gasteiger partial charge is 0.306 e. The van der Waals surface area contributed by atoms with Crippen LogP contribution in [0, 0.1) is 46.3 Å². The quantitative estimate of drug-likeness (QED) is 0.474. The van der Waals surface area contributed by atoms with Crippen LogP contribution in [0.15, 0.2) is 23.8 Å². The predicted octanol–water partition coefficient (Wildman–Crippen LogP) is 6.83. The third-order valence-corrected chi connectivity index (χ3v) is 10.4. The van der Waals surface area contributed by atoms with E-state index >= 15 is 0 Å². The molecule has 0 amide bonds. The summed E-state index contributed by atoms with van der Waals surface area (Å²) < 4.78 is 0. The van der Waals surface area contributed by atoms with Crippen molar-refractivity contribution in [1.82, 2.24) is 0 Å². The molecule has 3 nitrogen and oxygen atoms in total. The summed E-state index contributed by atoms with van der Waals surface area (Å²) in [6.45, 7) is 13.3. The van der Waals surface area contributed by atoms with Crippen molar-refractivity contribution in [2.75, 3.05) is 0 Å². The SMILES string of the molecule is C=C(CCC(C(=O)O)C1CCC2C3CC=C4CC(=O)CCC4(C)C3CCC12C)C(C)C. The maximum atomic E-state index is 12.4. The number of hydrogen-bond acceptors (Lipinski definition) is 2. The zero-order valence-electron chi connectivity index (χ0n) is 20.1. The summed E-state index contributed by atoms with van der Waals surface area (Å²) >= 11 is 0. The first-order chi connectivity index (χ1) is 14.6. The van der Waals surface area contributed by atoms with Crippen LogP contribution in [0.1, 0.15) is 91.9 Å². The lowest BCUT2D eigenvalue weighted by Gasteiger charge is -2.57. The van der Waals surface area contributed by atoms with Crippen molar-refractivity contribution in [3.8, 4) is 0 Å². The van der Waals surface area contributed by atoms with E-state index in [0.717, 1.165) is 44.9 Å². The summed E-state index contributed by atoms with van der Waals surface area (Å²) in [5.41, 5.74) is 2.92. The molecule has 31 heavy (non-hydrogen) atoms. The molecule has 0 aromatic carbocycles. The van der Waals surface area contributed by atoms with Crippen LogP contribution in [0.25, 0.3) is 0 Å². The average Bonchev–Trinajstić information content (AvgIpc) is 3.05. The van der Waals surface area contributed by atoms with Crippen LogP contribution in [0.5, 0.6) is 0 Å². The summed E-state index contributed by atoms with van der Waals surface area (Å²) in [5, 5.41) is 10.2. The fourth-order valence-corrected chi connectivity index (χ4v) is 8.30. The van der Waals surface area contributed by atoms with Crippen LogP contribution in [-0.4, -0.2) is 16.9 Å². The Hall–Kier alpha value is -1.38. The van der Waals surface area contributed by atoms with E-state index in [-0.39, 0.29) is 22.7 Å². The topological polar surface area (TPSA) is 54.4 Å². The predicted molar refractivity (Wildman–Crippen MR) is 125 cm³/mol. The number of Topliss-reactive ketones (excluding diaryl/α,β-unsaturated/α-hetero) is 1. The number of fused-ring (bicyclic) bond motifs is 5. The zero-order chi connectivity index (χ0) is 22.6. The number of aliphatic carboxylic acids is 1. The van der Waals surface area contributed by atoms with Crippen LogP contribution in [0.3, 0.4) is 0 Å². The molecular weight excluding hydrogens is 384 g/mol. The Morgan fingerprint density at radius 3 is 2.61 bits per heavy atom. The Bertz CT molecular complexity index is 792. The number of rotatable bonds is 6. The van der Waals surface area contributed by atoms with Gasteiger partial charge in [-0.25, -0.2) is 0 Å². The Morgan fingerprint density at radius 2 is 1.94 bits per heavy atom. The van der Waals surface area contributed by atoms with Gasteiger partial charge in [-0.15, -0.1) is 0 Å². The minimum absolute atomic E-state index is 0.135. The van der Waals surface area contributed by atoms with Crippen LogP contribution in [0.4, 0.5) is 0 Å². The second kappa shape index (κ2) is 8.19. The van der Waals surface area contributed by atoms with Crippen LogP contribution in [0.2, 0.25) is 0 Å². The van der Waals surface area contributed by atoms with Crippen molar-refractivity contribution in [2.45, 2.75) is 91.9 Å².